The molecular formula is C27H25BrN4S. The lowest BCUT2D eigenvalue weighted by Crippen LogP contribution is -2.29. The Labute approximate surface area is 208 Å². The summed E-state index contributed by atoms with van der Waals surface area (Å²) in [6, 6.07) is 25.2. The van der Waals surface area contributed by atoms with Gasteiger partial charge in [0.05, 0.1) is 17.8 Å². The monoisotopic (exact) mass is 516 g/mol. The Hall–Kier alpha value is -2.96. The summed E-state index contributed by atoms with van der Waals surface area (Å²) in [5.41, 5.74) is 8.09. The fourth-order valence-electron chi connectivity index (χ4n) is 4.73. The largest absolute Gasteiger partial charge is 0.351 e. The summed E-state index contributed by atoms with van der Waals surface area (Å²) in [6.45, 7) is 6.47. The lowest BCUT2D eigenvalue weighted by Gasteiger charge is -2.28. The molecule has 1 fully saturated rings. The second kappa shape index (κ2) is 8.76. The van der Waals surface area contributed by atoms with Gasteiger partial charge in [0.15, 0.2) is 5.11 Å². The molecule has 0 bridgehead atoms. The molecule has 0 saturated carbocycles. The summed E-state index contributed by atoms with van der Waals surface area (Å²) in [6.07, 6.45) is 1.84. The molecule has 2 aromatic heterocycles. The van der Waals surface area contributed by atoms with Crippen molar-refractivity contribution in [3.63, 3.8) is 0 Å². The number of hydrogen-bond acceptors (Lipinski definition) is 2. The highest BCUT2D eigenvalue weighted by molar-refractivity contribution is 9.10. The number of rotatable bonds is 4. The predicted octanol–water partition coefficient (Wildman–Crippen LogP) is 6.74. The fraction of sp³-hybridized carbons (Fsp3) is 0.185. The van der Waals surface area contributed by atoms with E-state index in [1.807, 2.05) is 18.3 Å². The average Bonchev–Trinajstić information content (AvgIpc) is 3.31. The van der Waals surface area contributed by atoms with Crippen molar-refractivity contribution in [2.24, 2.45) is 0 Å². The topological polar surface area (TPSA) is 33.1 Å². The molecule has 1 saturated heterocycles. The van der Waals surface area contributed by atoms with E-state index in [0.717, 1.165) is 15.9 Å². The molecule has 0 radical (unpaired) electrons. The standard InChI is InChI=1S/C27H25BrN4S/c1-17-7-11-21(12-8-17)31-18(2)16-23(19(31)3)26-25(24-6-4-5-15-29-24)30-27(33)32(26)22-13-9-20(28)10-14-22/h4-16,25-26H,1-3H3,(H,30,33)/t25-,26-/m1/s1. The van der Waals surface area contributed by atoms with Crippen molar-refractivity contribution >= 4 is 38.9 Å². The molecule has 2 aromatic carbocycles. The second-order valence-corrected chi connectivity index (χ2v) is 9.77. The minimum absolute atomic E-state index is 0.0287. The number of thiocarbonyl (C=S) groups is 1. The van der Waals surface area contributed by atoms with Crippen LogP contribution in [-0.2, 0) is 0 Å². The van der Waals surface area contributed by atoms with Crippen molar-refractivity contribution in [3.8, 4) is 5.69 Å². The lowest BCUT2D eigenvalue weighted by molar-refractivity contribution is 0.565. The van der Waals surface area contributed by atoms with Crippen LogP contribution in [0.4, 0.5) is 5.69 Å². The van der Waals surface area contributed by atoms with Gasteiger partial charge in [-0.05, 0) is 93.1 Å². The van der Waals surface area contributed by atoms with E-state index in [4.69, 9.17) is 12.2 Å². The summed E-state index contributed by atoms with van der Waals surface area (Å²) >= 11 is 9.42. The van der Waals surface area contributed by atoms with Gasteiger partial charge in [0.25, 0.3) is 0 Å². The number of aryl methyl sites for hydroxylation is 2. The van der Waals surface area contributed by atoms with Gasteiger partial charge >= 0.3 is 0 Å². The van der Waals surface area contributed by atoms with Crippen LogP contribution in [0.15, 0.2) is 83.5 Å². The van der Waals surface area contributed by atoms with E-state index in [-0.39, 0.29) is 12.1 Å². The lowest BCUT2D eigenvalue weighted by atomic mass is 9.96. The zero-order valence-electron chi connectivity index (χ0n) is 18.8. The van der Waals surface area contributed by atoms with Crippen LogP contribution >= 0.6 is 28.1 Å². The number of benzene rings is 2. The molecule has 33 heavy (non-hydrogen) atoms. The van der Waals surface area contributed by atoms with Gasteiger partial charge in [-0.3, -0.25) is 4.98 Å². The van der Waals surface area contributed by atoms with Crippen LogP contribution in [0.5, 0.6) is 0 Å². The molecule has 6 heteroatoms. The van der Waals surface area contributed by atoms with E-state index >= 15 is 0 Å². The molecule has 0 spiro atoms. The van der Waals surface area contributed by atoms with E-state index < -0.39 is 0 Å². The summed E-state index contributed by atoms with van der Waals surface area (Å²) in [4.78, 5) is 6.90. The van der Waals surface area contributed by atoms with Gasteiger partial charge in [-0.25, -0.2) is 0 Å². The van der Waals surface area contributed by atoms with Gasteiger partial charge in [0.2, 0.25) is 0 Å². The highest BCUT2D eigenvalue weighted by Crippen LogP contribution is 2.43. The minimum atomic E-state index is -0.0608. The Morgan fingerprint density at radius 2 is 1.61 bits per heavy atom. The maximum absolute atomic E-state index is 5.87. The van der Waals surface area contributed by atoms with Crippen LogP contribution in [0.2, 0.25) is 0 Å². The summed E-state index contributed by atoms with van der Waals surface area (Å²) in [5, 5.41) is 4.27. The van der Waals surface area contributed by atoms with Crippen molar-refractivity contribution < 1.29 is 0 Å². The maximum Gasteiger partial charge on any atom is 0.174 e. The minimum Gasteiger partial charge on any atom is -0.351 e. The van der Waals surface area contributed by atoms with Crippen LogP contribution in [0, 0.1) is 20.8 Å². The third-order valence-electron chi connectivity index (χ3n) is 6.28. The van der Waals surface area contributed by atoms with Crippen molar-refractivity contribution in [1.82, 2.24) is 14.9 Å². The van der Waals surface area contributed by atoms with Gasteiger partial charge in [-0.15, -0.1) is 0 Å². The smallest absolute Gasteiger partial charge is 0.174 e. The third-order valence-corrected chi connectivity index (χ3v) is 7.13. The number of aromatic nitrogens is 2. The number of hydrogen-bond donors (Lipinski definition) is 1. The molecule has 4 nitrogen and oxygen atoms in total. The van der Waals surface area contributed by atoms with E-state index in [2.05, 4.69) is 117 Å². The van der Waals surface area contributed by atoms with Crippen molar-refractivity contribution in [1.29, 1.82) is 0 Å². The molecule has 5 rings (SSSR count). The first-order valence-electron chi connectivity index (χ1n) is 11.0. The van der Waals surface area contributed by atoms with Crippen LogP contribution in [0.3, 0.4) is 0 Å². The number of anilines is 1. The normalized spacial score (nSPS) is 17.9. The average molecular weight is 517 g/mol. The van der Waals surface area contributed by atoms with E-state index in [1.54, 1.807) is 0 Å². The molecule has 1 aliphatic heterocycles. The quantitative estimate of drug-likeness (QED) is 0.304. The molecule has 0 aliphatic carbocycles. The highest BCUT2D eigenvalue weighted by Gasteiger charge is 2.42. The van der Waals surface area contributed by atoms with Crippen LogP contribution in [-0.4, -0.2) is 14.7 Å². The van der Waals surface area contributed by atoms with E-state index in [0.29, 0.717) is 5.11 Å². The van der Waals surface area contributed by atoms with Gasteiger partial charge in [-0.1, -0.05) is 39.7 Å². The molecule has 2 atom stereocenters. The van der Waals surface area contributed by atoms with Gasteiger partial charge in [0.1, 0.15) is 0 Å². The summed E-state index contributed by atoms with van der Waals surface area (Å²) in [7, 11) is 0. The summed E-state index contributed by atoms with van der Waals surface area (Å²) < 4.78 is 3.37. The van der Waals surface area contributed by atoms with Gasteiger partial charge < -0.3 is 14.8 Å². The van der Waals surface area contributed by atoms with Crippen LogP contribution < -0.4 is 10.2 Å². The molecule has 0 amide bonds. The Morgan fingerprint density at radius 3 is 2.27 bits per heavy atom. The van der Waals surface area contributed by atoms with E-state index in [9.17, 15) is 0 Å². The van der Waals surface area contributed by atoms with Crippen molar-refractivity contribution in [3.05, 3.63) is 112 Å². The molecular weight excluding hydrogens is 492 g/mol. The maximum atomic E-state index is 5.87. The van der Waals surface area contributed by atoms with Crippen LogP contribution in [0.1, 0.15) is 40.3 Å². The van der Waals surface area contributed by atoms with E-state index in [1.165, 1.54) is 28.2 Å². The third kappa shape index (κ3) is 3.98. The first-order chi connectivity index (χ1) is 15.9. The van der Waals surface area contributed by atoms with Crippen LogP contribution in [0.25, 0.3) is 5.69 Å². The molecule has 1 aliphatic rings. The Bertz CT molecular complexity index is 1300. The molecule has 0 unspecified atom stereocenters. The van der Waals surface area contributed by atoms with Crippen molar-refractivity contribution in [2.75, 3.05) is 4.90 Å². The SMILES string of the molecule is Cc1ccc(-n2c(C)cc([C@@H]3[C@@H](c4ccccn4)NC(=S)N3c3ccc(Br)cc3)c2C)cc1. The Balaban J connectivity index is 1.67. The van der Waals surface area contributed by atoms with Gasteiger partial charge in [-0.2, -0.15) is 0 Å². The first kappa shape index (κ1) is 21.9. The Morgan fingerprint density at radius 1 is 0.909 bits per heavy atom. The highest BCUT2D eigenvalue weighted by atomic mass is 79.9. The second-order valence-electron chi connectivity index (χ2n) is 8.47. The Kier molecular flexibility index (Phi) is 5.81. The fourth-order valence-corrected chi connectivity index (χ4v) is 5.34. The zero-order valence-corrected chi connectivity index (χ0v) is 21.2. The first-order valence-corrected chi connectivity index (χ1v) is 12.2. The molecule has 1 N–H and O–H groups in total. The summed E-state index contributed by atoms with van der Waals surface area (Å²) in [5.74, 6) is 0. The zero-order chi connectivity index (χ0) is 23.1. The molecule has 4 aromatic rings. The number of nitrogens with one attached hydrogen (secondary N) is 1. The molecule has 3 heterocycles. The number of pyridine rings is 1. The van der Waals surface area contributed by atoms with Crippen molar-refractivity contribution in [2.45, 2.75) is 32.9 Å². The number of nitrogens with zero attached hydrogens (tertiary/aromatic N) is 3. The number of halogens is 1. The van der Waals surface area contributed by atoms with Gasteiger partial charge in [0, 0.05) is 33.4 Å². The molecule has 166 valence electrons. The predicted molar refractivity (Wildman–Crippen MR) is 142 cm³/mol.